The first kappa shape index (κ1) is 49.4. The van der Waals surface area contributed by atoms with Crippen LogP contribution >= 0.6 is 35.3 Å². The number of benzene rings is 1. The number of nitrogens with two attached hydrogens (primary N) is 3. The second-order valence-electron chi connectivity index (χ2n) is 11.2. The third-order valence-corrected chi connectivity index (χ3v) is 10.6. The van der Waals surface area contributed by atoms with Crippen molar-refractivity contribution in [2.24, 2.45) is 17.2 Å². The molecule has 9 N–H and O–H groups in total. The van der Waals surface area contributed by atoms with E-state index in [0.717, 1.165) is 47.4 Å². The third-order valence-electron chi connectivity index (χ3n) is 6.96. The van der Waals surface area contributed by atoms with Crippen molar-refractivity contribution in [3.63, 3.8) is 0 Å². The number of fused-ring (bicyclic) bond motifs is 1. The molecule has 0 spiro atoms. The maximum Gasteiger partial charge on any atom is 0.320 e. The molecule has 2 rings (SSSR count). The van der Waals surface area contributed by atoms with Crippen LogP contribution in [0.3, 0.4) is 0 Å². The van der Waals surface area contributed by atoms with Gasteiger partial charge in [0.1, 0.15) is 18.1 Å². The highest BCUT2D eigenvalue weighted by molar-refractivity contribution is 7.99. The zero-order valence-electron chi connectivity index (χ0n) is 29.8. The number of hydrogen-bond donors (Lipinski definition) is 6. The maximum atomic E-state index is 12.3. The summed E-state index contributed by atoms with van der Waals surface area (Å²) >= 11 is 4.81. The maximum absolute atomic E-state index is 12.3. The number of unbranched alkanes of at least 4 members (excludes halogenated alkanes) is 5. The van der Waals surface area contributed by atoms with Crippen molar-refractivity contribution in [1.29, 1.82) is 0 Å². The van der Waals surface area contributed by atoms with Crippen LogP contribution in [0.25, 0.3) is 0 Å². The van der Waals surface area contributed by atoms with Crippen molar-refractivity contribution < 1.29 is 43.4 Å². The molecule has 0 bridgehead atoms. The molecule has 0 saturated heterocycles. The highest BCUT2D eigenvalue weighted by Gasteiger charge is 2.17. The minimum atomic E-state index is -0.913. The number of carboxylic acid groups (broad SMARTS) is 3. The Hall–Kier alpha value is -1.69. The Labute approximate surface area is 308 Å². The molecule has 0 aromatic heterocycles. The van der Waals surface area contributed by atoms with E-state index in [-0.39, 0.29) is 5.25 Å². The average Bonchev–Trinajstić information content (AvgIpc) is 3.55. The molecule has 0 amide bonds. The second-order valence-corrected chi connectivity index (χ2v) is 16.2. The molecule has 0 fully saturated rings. The van der Waals surface area contributed by atoms with E-state index in [0.29, 0.717) is 26.1 Å². The van der Waals surface area contributed by atoms with Crippen LogP contribution in [0.1, 0.15) is 77.2 Å². The molecule has 5 atom stereocenters. The van der Waals surface area contributed by atoms with Crippen LogP contribution in [0.15, 0.2) is 18.2 Å². The van der Waals surface area contributed by atoms with Crippen molar-refractivity contribution in [3.8, 4) is 11.5 Å². The van der Waals surface area contributed by atoms with E-state index in [2.05, 4.69) is 13.8 Å². The molecule has 0 saturated carbocycles. The van der Waals surface area contributed by atoms with Crippen molar-refractivity contribution in [3.05, 3.63) is 23.8 Å². The summed E-state index contributed by atoms with van der Waals surface area (Å²) in [5.74, 6) is 2.15. The fraction of sp³-hybridized carbons (Fsp3) is 0.727. The van der Waals surface area contributed by atoms with Crippen molar-refractivity contribution in [2.75, 3.05) is 48.6 Å². The summed E-state index contributed by atoms with van der Waals surface area (Å²) in [6.07, 6.45) is 15.8. The van der Waals surface area contributed by atoms with Gasteiger partial charge in [0.05, 0.1) is 0 Å². The Balaban J connectivity index is 0. The molecule has 1 aliphatic heterocycles. The number of thioether (sulfide) groups is 3. The molecule has 1 aromatic carbocycles. The van der Waals surface area contributed by atoms with E-state index in [4.69, 9.17) is 42.0 Å². The van der Waals surface area contributed by atoms with Gasteiger partial charge in [-0.05, 0) is 85.8 Å². The fourth-order valence-electron chi connectivity index (χ4n) is 3.82. The van der Waals surface area contributed by atoms with Crippen LogP contribution in [0.4, 0.5) is 0 Å². The van der Waals surface area contributed by atoms with Gasteiger partial charge in [0, 0.05) is 21.8 Å². The van der Waals surface area contributed by atoms with Crippen LogP contribution in [-0.2, 0) is 31.6 Å². The topological polar surface area (TPSA) is 225 Å². The molecule has 286 valence electrons. The van der Waals surface area contributed by atoms with Gasteiger partial charge in [-0.3, -0.25) is 18.6 Å². The van der Waals surface area contributed by atoms with Crippen molar-refractivity contribution in [1.82, 2.24) is 0 Å². The molecule has 1 aliphatic rings. The van der Waals surface area contributed by atoms with Gasteiger partial charge >= 0.3 is 17.9 Å². The van der Waals surface area contributed by atoms with Crippen LogP contribution < -0.4 is 26.7 Å². The van der Waals surface area contributed by atoms with Crippen LogP contribution in [-0.4, -0.2) is 109 Å². The smallest absolute Gasteiger partial charge is 0.320 e. The fourth-order valence-corrected chi connectivity index (χ4v) is 6.56. The van der Waals surface area contributed by atoms with E-state index in [9.17, 15) is 18.6 Å². The second kappa shape index (κ2) is 32.2. The van der Waals surface area contributed by atoms with E-state index in [1.54, 1.807) is 35.3 Å². The summed E-state index contributed by atoms with van der Waals surface area (Å²) < 4.78 is 23.0. The van der Waals surface area contributed by atoms with Gasteiger partial charge in [0.15, 0.2) is 11.5 Å². The summed E-state index contributed by atoms with van der Waals surface area (Å²) in [5.41, 5.74) is 16.7. The molecule has 12 nitrogen and oxygen atoms in total. The summed E-state index contributed by atoms with van der Waals surface area (Å²) in [5, 5.41) is 25.0. The first-order valence-electron chi connectivity index (χ1n) is 16.4. The largest absolute Gasteiger partial charge is 0.480 e. The number of rotatable bonds is 22. The zero-order chi connectivity index (χ0) is 37.6. The Kier molecular flexibility index (Phi) is 32.5. The molecule has 0 radical (unpaired) electrons. The van der Waals surface area contributed by atoms with Gasteiger partial charge in [-0.25, -0.2) is 0 Å². The Morgan fingerprint density at radius 3 is 1.61 bits per heavy atom. The summed E-state index contributed by atoms with van der Waals surface area (Å²) in [6, 6.07) is 3.96. The average molecular weight is 772 g/mol. The van der Waals surface area contributed by atoms with Gasteiger partial charge in [0.25, 0.3) is 0 Å². The Morgan fingerprint density at radius 2 is 1.18 bits per heavy atom. The van der Waals surface area contributed by atoms with Gasteiger partial charge in [-0.1, -0.05) is 52.0 Å². The number of hydrogen-bond acceptors (Lipinski definition) is 12. The van der Waals surface area contributed by atoms with Crippen molar-refractivity contribution >= 4 is 64.0 Å². The molecule has 0 aliphatic carbocycles. The quantitative estimate of drug-likeness (QED) is 0.0862. The number of ether oxygens (including phenoxy) is 2. The number of aliphatic carboxylic acids is 3. The Bertz CT molecular complexity index is 1000. The molecule has 1 aromatic rings. The highest BCUT2D eigenvalue weighted by Crippen LogP contribution is 2.33. The minimum Gasteiger partial charge on any atom is -0.480 e. The lowest BCUT2D eigenvalue weighted by atomic mass is 10.1. The molecule has 16 heteroatoms. The first-order valence-corrected chi connectivity index (χ1v) is 22.0. The zero-order valence-corrected chi connectivity index (χ0v) is 33.1. The van der Waals surface area contributed by atoms with Crippen LogP contribution in [0, 0.1) is 0 Å². The highest BCUT2D eigenvalue weighted by atomic mass is 32.2. The van der Waals surface area contributed by atoms with E-state index >= 15 is 0 Å². The Morgan fingerprint density at radius 1 is 0.755 bits per heavy atom. The molecular formula is C33H61N3O9S4. The normalized spacial score (nSPS) is 14.3. The number of carbonyl (C=O) groups is 3. The summed E-state index contributed by atoms with van der Waals surface area (Å²) in [4.78, 5) is 30.2. The van der Waals surface area contributed by atoms with Gasteiger partial charge in [-0.2, -0.15) is 35.3 Å². The lowest BCUT2D eigenvalue weighted by Crippen LogP contribution is -2.30. The SMILES string of the molecule is CCCCCCCCS(=O)C(C)Cc1ccc2c(c1)OCO2.CSCCC(N)C(=O)O.CSCCC(N)C(=O)O.CSCC[C@H](N)C(=O)O. The number of carboxylic acids is 3. The monoisotopic (exact) mass is 771 g/mol. The third kappa shape index (κ3) is 27.7. The molecule has 4 unspecified atom stereocenters. The summed E-state index contributed by atoms with van der Waals surface area (Å²) in [6.45, 7) is 4.61. The lowest BCUT2D eigenvalue weighted by molar-refractivity contribution is -0.139. The van der Waals surface area contributed by atoms with Crippen LogP contribution in [0.5, 0.6) is 11.5 Å². The van der Waals surface area contributed by atoms with Crippen molar-refractivity contribution in [2.45, 2.75) is 101 Å². The standard InChI is InChI=1S/C18H28O3S.3C5H11NO2S/c1-3-4-5-6-7-8-11-22(19)15(2)12-16-9-10-17-18(13-16)21-14-20-17;3*1-9-3-2-4(6)5(7)8/h9-10,13,15H,3-8,11-12,14H2,1-2H3;3*4H,2-3,6H2,1H3,(H,7,8)/t;4-;;/m.0../s1. The lowest BCUT2D eigenvalue weighted by Gasteiger charge is -2.12. The predicted octanol–water partition coefficient (Wildman–Crippen LogP) is 4.91. The molecular weight excluding hydrogens is 711 g/mol. The first-order chi connectivity index (χ1) is 23.2. The summed E-state index contributed by atoms with van der Waals surface area (Å²) in [7, 11) is -0.743. The van der Waals surface area contributed by atoms with Gasteiger partial charge in [-0.15, -0.1) is 0 Å². The predicted molar refractivity (Wildman–Crippen MR) is 208 cm³/mol. The van der Waals surface area contributed by atoms with E-state index in [1.165, 1.54) is 37.7 Å². The molecule has 49 heavy (non-hydrogen) atoms. The molecule has 1 heterocycles. The van der Waals surface area contributed by atoms with Gasteiger partial charge < -0.3 is 42.0 Å². The minimum absolute atomic E-state index is 0.191. The van der Waals surface area contributed by atoms with Gasteiger partial charge in [0.2, 0.25) is 6.79 Å². The van der Waals surface area contributed by atoms with E-state index in [1.807, 2.05) is 37.0 Å². The van der Waals surface area contributed by atoms with Crippen LogP contribution in [0.2, 0.25) is 0 Å². The van der Waals surface area contributed by atoms with E-state index < -0.39 is 46.8 Å².